The maximum Gasteiger partial charge on any atom is 0.463 e. The average Bonchev–Trinajstić information content (AvgIpc) is 2.97. The molecule has 23 heteroatoms. The van der Waals surface area contributed by atoms with E-state index in [2.05, 4.69) is 5.32 Å². The fourth-order valence-electron chi connectivity index (χ4n) is 3.74. The highest BCUT2D eigenvalue weighted by Gasteiger charge is 2.65. The van der Waals surface area contributed by atoms with E-state index < -0.39 is 100 Å². The summed E-state index contributed by atoms with van der Waals surface area (Å²) < 4.78 is 187. The first-order chi connectivity index (χ1) is 22.6. The molecule has 8 N–H and O–H groups in total. The second-order valence-corrected chi connectivity index (χ2v) is 10.1. The van der Waals surface area contributed by atoms with E-state index in [-0.39, 0.29) is 16.3 Å². The van der Waals surface area contributed by atoms with Gasteiger partial charge < -0.3 is 21.3 Å². The Labute approximate surface area is 275 Å². The number of carbonyl (C=O) groups is 2. The maximum absolute atomic E-state index is 14.1. The van der Waals surface area contributed by atoms with Gasteiger partial charge in [0.25, 0.3) is 5.91 Å². The minimum Gasteiger partial charge on any atom is -0.322 e. The summed E-state index contributed by atoms with van der Waals surface area (Å²) >= 11 is 5.99. The number of hydrogen-bond donors (Lipinski definition) is 6. The van der Waals surface area contributed by atoms with Crippen molar-refractivity contribution < 1.29 is 81.7 Å². The molecule has 0 aliphatic heterocycles. The molecule has 0 fully saturated rings. The molecule has 274 valence electrons. The quantitative estimate of drug-likeness (QED) is 0.0959. The first kappa shape index (κ1) is 41.6. The highest BCUT2D eigenvalue weighted by atomic mass is 35.5. The summed E-state index contributed by atoms with van der Waals surface area (Å²) in [5.41, 5.74) is -12.3. The third-order valence-corrected chi connectivity index (χ3v) is 6.53. The number of quaternary nitrogens is 2. The molecule has 0 unspecified atom stereocenters. The van der Waals surface area contributed by atoms with Crippen molar-refractivity contribution in [2.45, 2.75) is 30.4 Å². The van der Waals surface area contributed by atoms with Crippen molar-refractivity contribution in [1.82, 2.24) is 0 Å². The second-order valence-electron chi connectivity index (χ2n) is 9.73. The number of alkyl halides is 13. The summed E-state index contributed by atoms with van der Waals surface area (Å²) in [6, 6.07) is 7.21. The van der Waals surface area contributed by atoms with E-state index in [9.17, 15) is 71.1 Å². The molecule has 0 saturated heterocycles. The van der Waals surface area contributed by atoms with E-state index >= 15 is 0 Å². The van der Waals surface area contributed by atoms with Gasteiger partial charge in [0.2, 0.25) is 5.70 Å². The highest BCUT2D eigenvalue weighted by molar-refractivity contribution is 6.34. The van der Waals surface area contributed by atoms with Crippen molar-refractivity contribution in [1.29, 1.82) is 10.8 Å². The third kappa shape index (κ3) is 9.78. The maximum atomic E-state index is 14.1. The molecule has 0 aliphatic rings. The van der Waals surface area contributed by atoms with Crippen molar-refractivity contribution in [2.24, 2.45) is 0 Å². The number of carbonyl (C=O) groups excluding carboxylic acids is 2. The van der Waals surface area contributed by atoms with Gasteiger partial charge in [-0.15, -0.1) is 0 Å². The second kappa shape index (κ2) is 15.1. The van der Waals surface area contributed by atoms with Gasteiger partial charge in [-0.1, -0.05) is 11.6 Å². The fraction of sp³-hybridized carbons (Fsp3) is 0.259. The lowest BCUT2D eigenvalue weighted by Crippen LogP contribution is -2.88. The van der Waals surface area contributed by atoms with Gasteiger partial charge in [-0.3, -0.25) is 20.4 Å². The topological polar surface area (TPSA) is 139 Å². The van der Waals surface area contributed by atoms with E-state index in [1.54, 1.807) is 0 Å². The molecular formula is C27H21ClF14N6O2+2. The van der Waals surface area contributed by atoms with Gasteiger partial charge in [0.05, 0.1) is 17.6 Å². The molecule has 0 heterocycles. The third-order valence-electron chi connectivity index (χ3n) is 6.20. The molecule has 0 radical (unpaired) electrons. The van der Waals surface area contributed by atoms with Crippen LogP contribution in [0.25, 0.3) is 0 Å². The predicted octanol–water partition coefficient (Wildman–Crippen LogP) is 5.56. The number of anilines is 2. The van der Waals surface area contributed by atoms with Gasteiger partial charge in [-0.25, -0.2) is 4.39 Å². The molecule has 0 atom stereocenters. The van der Waals surface area contributed by atoms with E-state index in [0.717, 1.165) is 49.5 Å². The largest absolute Gasteiger partial charge is 0.463 e. The van der Waals surface area contributed by atoms with Crippen LogP contribution < -0.4 is 21.3 Å². The zero-order valence-corrected chi connectivity index (χ0v) is 25.2. The van der Waals surface area contributed by atoms with E-state index in [1.165, 1.54) is 0 Å². The van der Waals surface area contributed by atoms with Crippen LogP contribution in [-0.2, 0) is 4.79 Å². The average molecular weight is 763 g/mol. The Hall–Kier alpha value is -4.57. The fourth-order valence-corrected chi connectivity index (χ4v) is 3.94. The summed E-state index contributed by atoms with van der Waals surface area (Å²) in [6.45, 7) is -1.96. The van der Waals surface area contributed by atoms with E-state index in [0.29, 0.717) is 5.32 Å². The molecule has 0 saturated carbocycles. The zero-order chi connectivity index (χ0) is 38.6. The molecule has 2 aromatic carbocycles. The number of rotatable bonds is 12. The van der Waals surface area contributed by atoms with Crippen LogP contribution in [0, 0.1) is 16.6 Å². The molecule has 8 nitrogen and oxygen atoms in total. The van der Waals surface area contributed by atoms with Gasteiger partial charge in [0.15, 0.2) is 5.70 Å². The number of nitrogens with two attached hydrogens (primary N) is 2. The molecule has 2 amide bonds. The van der Waals surface area contributed by atoms with Crippen molar-refractivity contribution in [3.8, 4) is 0 Å². The minimum absolute atomic E-state index is 0.0785. The van der Waals surface area contributed by atoms with Crippen LogP contribution in [0.5, 0.6) is 0 Å². The summed E-state index contributed by atoms with van der Waals surface area (Å²) in [5.74, 6) is -15.9. The van der Waals surface area contributed by atoms with Gasteiger partial charge >= 0.3 is 36.3 Å². The Morgan fingerprint density at radius 2 is 1.32 bits per heavy atom. The first-order valence-electron chi connectivity index (χ1n) is 13.0. The van der Waals surface area contributed by atoms with Crippen LogP contribution in [-0.4, -0.2) is 67.2 Å². The van der Waals surface area contributed by atoms with Crippen LogP contribution in [0.1, 0.15) is 10.4 Å². The van der Waals surface area contributed by atoms with Crippen LogP contribution in [0.2, 0.25) is 5.02 Å². The Kier molecular flexibility index (Phi) is 12.6. The molecule has 0 aromatic heterocycles. The Balaban J connectivity index is 2.49. The van der Waals surface area contributed by atoms with Gasteiger partial charge in [0.1, 0.15) is 29.4 Å². The van der Waals surface area contributed by atoms with Gasteiger partial charge in [-0.05, 0) is 42.5 Å². The number of nitrogens with one attached hydrogen (secondary N) is 4. The summed E-state index contributed by atoms with van der Waals surface area (Å²) in [4.78, 5) is 25.6. The monoisotopic (exact) mass is 762 g/mol. The smallest absolute Gasteiger partial charge is 0.322 e. The number of benzene rings is 2. The lowest BCUT2D eigenvalue weighted by Gasteiger charge is -2.23. The lowest BCUT2D eigenvalue weighted by atomic mass is 10.0. The Bertz CT molecular complexity index is 1700. The van der Waals surface area contributed by atoms with Crippen LogP contribution >= 0.6 is 11.6 Å². The van der Waals surface area contributed by atoms with Crippen molar-refractivity contribution in [2.75, 3.05) is 24.2 Å². The van der Waals surface area contributed by atoms with Crippen molar-refractivity contribution in [3.05, 3.63) is 81.9 Å². The summed E-state index contributed by atoms with van der Waals surface area (Å²) in [7, 11) is 0.810. The van der Waals surface area contributed by atoms with Gasteiger partial charge in [0, 0.05) is 17.5 Å². The normalized spacial score (nSPS) is 13.8. The Morgan fingerprint density at radius 3 is 1.80 bits per heavy atom. The minimum atomic E-state index is -6.72. The number of hydrogen-bond acceptors (Lipinski definition) is 4. The van der Waals surface area contributed by atoms with E-state index in [1.807, 2.05) is 5.32 Å². The molecular weight excluding hydrogens is 742 g/mol. The number of likely N-dealkylation sites (N-methyl/N-ethyl adjacent to an activating group) is 1. The Morgan fingerprint density at radius 1 is 0.800 bits per heavy atom. The van der Waals surface area contributed by atoms with Crippen LogP contribution in [0.3, 0.4) is 0 Å². The summed E-state index contributed by atoms with van der Waals surface area (Å²) in [6.07, 6.45) is -20.3. The molecule has 0 bridgehead atoms. The SMILES string of the molecule is C[NH2+]/C(C(=O)Nc1ccc(Cl)c(C(=O)Nc2ccc(F)cc2)c1)=C(\C(=N)C[NH2+]/C(=C\C(=N)C(F)(F)C(F)(F)F)C(F)(F)C(F)(F)F)C(F)(F)F. The molecule has 50 heavy (non-hydrogen) atoms. The summed E-state index contributed by atoms with van der Waals surface area (Å²) in [5, 5.41) is 18.4. The number of allylic oxidation sites excluding steroid dienone is 2. The number of halogens is 15. The van der Waals surface area contributed by atoms with Crippen LogP contribution in [0.4, 0.5) is 72.8 Å². The van der Waals surface area contributed by atoms with Crippen LogP contribution in [0.15, 0.2) is 65.5 Å². The predicted molar refractivity (Wildman–Crippen MR) is 148 cm³/mol. The van der Waals surface area contributed by atoms with Gasteiger partial charge in [-0.2, -0.15) is 57.1 Å². The molecule has 0 spiro atoms. The molecule has 0 aliphatic carbocycles. The molecule has 2 rings (SSSR count). The first-order valence-corrected chi connectivity index (χ1v) is 13.4. The molecule has 2 aromatic rings. The van der Waals surface area contributed by atoms with E-state index in [4.69, 9.17) is 22.4 Å². The standard InChI is InChI=1S/C27H19ClF14N6O2/c1-45-20(22(50)48-13-6-7-15(28)14(8-13)21(49)47-12-4-2-11(29)3-5-12)19(25(34,35)36)16(43)10-46-18(24(32,33)27(40,41)42)9-17(44)23(30,31)26(37,38)39/h2-9,43-46H,10H2,1H3,(H,47,49)(H,48,50)/p+2/b18-9-,20-19+,43-16?,44-17?. The van der Waals surface area contributed by atoms with Crippen molar-refractivity contribution in [3.63, 3.8) is 0 Å². The highest BCUT2D eigenvalue weighted by Crippen LogP contribution is 2.41. The zero-order valence-electron chi connectivity index (χ0n) is 24.5. The van der Waals surface area contributed by atoms with Crippen molar-refractivity contribution >= 4 is 46.2 Å². The lowest BCUT2D eigenvalue weighted by molar-refractivity contribution is -0.613. The number of amides is 2.